The molecule has 0 heterocycles. The highest BCUT2D eigenvalue weighted by Gasteiger charge is 2.10. The lowest BCUT2D eigenvalue weighted by atomic mass is 10.1. The van der Waals surface area contributed by atoms with E-state index >= 15 is 0 Å². The first-order valence-electron chi connectivity index (χ1n) is 11.7. The maximum Gasteiger partial charge on any atom is 0.133 e. The maximum absolute atomic E-state index is 6.18. The van der Waals surface area contributed by atoms with E-state index in [4.69, 9.17) is 9.47 Å². The number of hydrogen-bond acceptors (Lipinski definition) is 2. The lowest BCUT2D eigenvalue weighted by Crippen LogP contribution is -2.02. The molecule has 0 fully saturated rings. The van der Waals surface area contributed by atoms with E-state index in [0.717, 1.165) is 57.8 Å². The van der Waals surface area contributed by atoms with E-state index in [1.165, 1.54) is 38.5 Å². The second-order valence-electron chi connectivity index (χ2n) is 7.84. The number of ether oxygens (including phenoxy) is 2. The summed E-state index contributed by atoms with van der Waals surface area (Å²) in [4.78, 5) is 0. The zero-order valence-corrected chi connectivity index (χ0v) is 21.3. The van der Waals surface area contributed by atoms with Crippen LogP contribution in [0.1, 0.15) is 81.9 Å². The van der Waals surface area contributed by atoms with Gasteiger partial charge in [0.15, 0.2) is 0 Å². The summed E-state index contributed by atoms with van der Waals surface area (Å²) in [5, 5.41) is 0. The van der Waals surface area contributed by atoms with E-state index in [-0.39, 0.29) is 0 Å². The van der Waals surface area contributed by atoms with E-state index < -0.39 is 0 Å². The Hall–Kier alpha value is -1.75. The van der Waals surface area contributed by atoms with Gasteiger partial charge in [-0.1, -0.05) is 101 Å². The Bertz CT molecular complexity index is 809. The molecule has 3 heteroatoms. The van der Waals surface area contributed by atoms with Crippen LogP contribution in [0.15, 0.2) is 43.0 Å². The Morgan fingerprint density at radius 1 is 0.742 bits per heavy atom. The second kappa shape index (κ2) is 15.1. The summed E-state index contributed by atoms with van der Waals surface area (Å²) in [7, 11) is 0. The van der Waals surface area contributed by atoms with Crippen LogP contribution in [0, 0.1) is 3.57 Å². The fourth-order valence-electron chi connectivity index (χ4n) is 3.27. The third-order valence-electron chi connectivity index (χ3n) is 5.20. The average molecular weight is 533 g/mol. The molecule has 2 rings (SSSR count). The predicted octanol–water partition coefficient (Wildman–Crippen LogP) is 9.02. The van der Waals surface area contributed by atoms with Gasteiger partial charge in [0.05, 0.1) is 16.8 Å². The number of hydrogen-bond donors (Lipinski definition) is 0. The van der Waals surface area contributed by atoms with Crippen molar-refractivity contribution in [1.29, 1.82) is 0 Å². The Balaban J connectivity index is 2.14. The van der Waals surface area contributed by atoms with Gasteiger partial charge in [-0.05, 0) is 58.7 Å². The Kier molecular flexibility index (Phi) is 12.4. The highest BCUT2D eigenvalue weighted by Crippen LogP contribution is 2.32. The van der Waals surface area contributed by atoms with Crippen molar-refractivity contribution in [3.8, 4) is 11.5 Å². The van der Waals surface area contributed by atoms with Gasteiger partial charge in [0.2, 0.25) is 0 Å². The summed E-state index contributed by atoms with van der Waals surface area (Å²) < 4.78 is 13.4. The first-order valence-corrected chi connectivity index (χ1v) is 12.8. The molecule has 0 unspecified atom stereocenters. The normalized spacial score (nSPS) is 11.1. The lowest BCUT2D eigenvalue weighted by Gasteiger charge is -2.14. The second-order valence-corrected chi connectivity index (χ2v) is 9.01. The molecule has 0 aliphatic rings. The predicted molar refractivity (Wildman–Crippen MR) is 144 cm³/mol. The van der Waals surface area contributed by atoms with Crippen molar-refractivity contribution in [2.24, 2.45) is 0 Å². The summed E-state index contributed by atoms with van der Waals surface area (Å²) in [6.07, 6.45) is 15.8. The maximum atomic E-state index is 6.18. The minimum Gasteiger partial charge on any atom is -0.493 e. The Morgan fingerprint density at radius 2 is 1.32 bits per heavy atom. The molecule has 2 aromatic carbocycles. The molecule has 0 atom stereocenters. The lowest BCUT2D eigenvalue weighted by molar-refractivity contribution is 0.294. The van der Waals surface area contributed by atoms with E-state index in [2.05, 4.69) is 91.6 Å². The van der Waals surface area contributed by atoms with Crippen LogP contribution in [0.25, 0.3) is 18.2 Å². The first kappa shape index (κ1) is 25.5. The first-order chi connectivity index (χ1) is 15.2. The smallest absolute Gasteiger partial charge is 0.133 e. The van der Waals surface area contributed by atoms with Crippen LogP contribution in [-0.4, -0.2) is 13.2 Å². The molecule has 0 saturated carbocycles. The van der Waals surface area contributed by atoms with Gasteiger partial charge < -0.3 is 9.47 Å². The van der Waals surface area contributed by atoms with Crippen molar-refractivity contribution in [3.63, 3.8) is 0 Å². The molecule has 0 aliphatic carbocycles. The molecular weight excluding hydrogens is 495 g/mol. The van der Waals surface area contributed by atoms with Gasteiger partial charge in [-0.25, -0.2) is 0 Å². The van der Waals surface area contributed by atoms with Crippen LogP contribution < -0.4 is 9.47 Å². The summed E-state index contributed by atoms with van der Waals surface area (Å²) in [6.45, 7) is 9.80. The number of halogens is 1. The molecule has 0 spiro atoms. The number of unbranched alkanes of at least 4 members (excludes halogenated alkanes) is 6. The van der Waals surface area contributed by atoms with Gasteiger partial charge in [-0.15, -0.1) is 0 Å². The highest BCUT2D eigenvalue weighted by atomic mass is 127. The van der Waals surface area contributed by atoms with Crippen molar-refractivity contribution in [3.05, 3.63) is 63.2 Å². The Morgan fingerprint density at radius 3 is 1.90 bits per heavy atom. The van der Waals surface area contributed by atoms with Crippen molar-refractivity contribution < 1.29 is 9.47 Å². The van der Waals surface area contributed by atoms with Gasteiger partial charge in [0, 0.05) is 5.56 Å². The van der Waals surface area contributed by atoms with E-state index in [9.17, 15) is 0 Å². The van der Waals surface area contributed by atoms with Gasteiger partial charge in [0.1, 0.15) is 11.5 Å². The molecule has 0 saturated heterocycles. The molecular formula is C28H37IO2. The molecule has 0 bridgehead atoms. The molecule has 168 valence electrons. The van der Waals surface area contributed by atoms with Crippen molar-refractivity contribution in [2.45, 2.75) is 65.2 Å². The summed E-state index contributed by atoms with van der Waals surface area (Å²) >= 11 is 2.35. The number of benzene rings is 2. The molecule has 0 aliphatic heterocycles. The SMILES string of the molecule is C=Cc1ccc(/C=C/c2cc(OCCCCCC)c(I)cc2OCCCCCC)cc1. The fourth-order valence-corrected chi connectivity index (χ4v) is 3.86. The Labute approximate surface area is 202 Å². The average Bonchev–Trinajstić information content (AvgIpc) is 2.79. The topological polar surface area (TPSA) is 18.5 Å². The van der Waals surface area contributed by atoms with Crippen LogP contribution in [0.2, 0.25) is 0 Å². The van der Waals surface area contributed by atoms with Gasteiger partial charge in [-0.3, -0.25) is 0 Å². The summed E-state index contributed by atoms with van der Waals surface area (Å²) in [5.41, 5.74) is 3.34. The van der Waals surface area contributed by atoms with Crippen molar-refractivity contribution in [1.82, 2.24) is 0 Å². The fraction of sp³-hybridized carbons (Fsp3) is 0.429. The molecule has 31 heavy (non-hydrogen) atoms. The number of rotatable bonds is 15. The molecule has 0 radical (unpaired) electrons. The molecule has 2 nitrogen and oxygen atoms in total. The van der Waals surface area contributed by atoms with Crippen LogP contribution >= 0.6 is 22.6 Å². The van der Waals surface area contributed by atoms with Gasteiger partial charge in [-0.2, -0.15) is 0 Å². The van der Waals surface area contributed by atoms with Crippen LogP contribution in [0.5, 0.6) is 11.5 Å². The van der Waals surface area contributed by atoms with Crippen LogP contribution in [0.3, 0.4) is 0 Å². The van der Waals surface area contributed by atoms with Crippen molar-refractivity contribution in [2.75, 3.05) is 13.2 Å². The monoisotopic (exact) mass is 532 g/mol. The van der Waals surface area contributed by atoms with E-state index in [0.29, 0.717) is 0 Å². The minimum atomic E-state index is 0.752. The van der Waals surface area contributed by atoms with E-state index in [1.54, 1.807) is 0 Å². The van der Waals surface area contributed by atoms with Gasteiger partial charge in [0.25, 0.3) is 0 Å². The summed E-state index contributed by atoms with van der Waals surface area (Å²) in [6, 6.07) is 12.6. The molecule has 0 amide bonds. The third kappa shape index (κ3) is 9.51. The summed E-state index contributed by atoms with van der Waals surface area (Å²) in [5.74, 6) is 1.87. The van der Waals surface area contributed by atoms with Crippen molar-refractivity contribution >= 4 is 40.8 Å². The van der Waals surface area contributed by atoms with E-state index in [1.807, 2.05) is 6.08 Å². The molecule has 2 aromatic rings. The van der Waals surface area contributed by atoms with Crippen LogP contribution in [0.4, 0.5) is 0 Å². The quantitative estimate of drug-likeness (QED) is 0.129. The zero-order valence-electron chi connectivity index (χ0n) is 19.2. The standard InChI is InChI=1S/C28H37IO2/c1-4-7-9-11-19-30-27-22-26(29)28(31-20-12-10-8-5-2)21-25(27)18-17-24-15-13-23(6-3)14-16-24/h6,13-18,21-22H,3-5,7-12,19-20H2,1-2H3/b18-17+. The highest BCUT2D eigenvalue weighted by molar-refractivity contribution is 14.1. The molecule has 0 N–H and O–H groups in total. The zero-order chi connectivity index (χ0) is 22.3. The van der Waals surface area contributed by atoms with Crippen LogP contribution in [-0.2, 0) is 0 Å². The third-order valence-corrected chi connectivity index (χ3v) is 6.05. The van der Waals surface area contributed by atoms with Gasteiger partial charge >= 0.3 is 0 Å². The minimum absolute atomic E-state index is 0.752. The molecule has 0 aromatic heterocycles. The largest absolute Gasteiger partial charge is 0.493 e.